The first-order valence-corrected chi connectivity index (χ1v) is 10.8. The van der Waals surface area contributed by atoms with Crippen LogP contribution in [0.3, 0.4) is 0 Å². The van der Waals surface area contributed by atoms with E-state index in [0.717, 1.165) is 52.6 Å². The number of anilines is 2. The summed E-state index contributed by atoms with van der Waals surface area (Å²) in [6.07, 6.45) is 0. The van der Waals surface area contributed by atoms with Crippen LogP contribution in [-0.4, -0.2) is 49.0 Å². The molecule has 2 aromatic carbocycles. The summed E-state index contributed by atoms with van der Waals surface area (Å²) in [5.41, 5.74) is 5.62. The van der Waals surface area contributed by atoms with Gasteiger partial charge in [-0.05, 0) is 67.8 Å². The third kappa shape index (κ3) is 5.23. The summed E-state index contributed by atoms with van der Waals surface area (Å²) >= 11 is 0. The highest BCUT2D eigenvalue weighted by Gasteiger charge is 2.13. The van der Waals surface area contributed by atoms with Gasteiger partial charge < -0.3 is 19.7 Å². The van der Waals surface area contributed by atoms with Crippen molar-refractivity contribution in [3.8, 4) is 17.0 Å². The Kier molecular flexibility index (Phi) is 6.66. The van der Waals surface area contributed by atoms with E-state index in [1.165, 1.54) is 0 Å². The maximum Gasteiger partial charge on any atom is 0.262 e. The maximum atomic E-state index is 12.5. The molecular weight excluding hydrogens is 404 g/mol. The first-order chi connectivity index (χ1) is 15.5. The van der Waals surface area contributed by atoms with Gasteiger partial charge in [0, 0.05) is 24.3 Å². The molecule has 0 atom stereocenters. The number of nitrogens with one attached hydrogen (secondary N) is 1. The van der Waals surface area contributed by atoms with Crippen LogP contribution in [0.5, 0.6) is 5.75 Å². The zero-order chi connectivity index (χ0) is 22.5. The van der Waals surface area contributed by atoms with Crippen LogP contribution in [0.1, 0.15) is 16.7 Å². The normalized spacial score (nSPS) is 13.7. The van der Waals surface area contributed by atoms with Gasteiger partial charge in [-0.15, -0.1) is 10.2 Å². The number of aryl methyl sites for hydroxylation is 2. The number of rotatable bonds is 6. The summed E-state index contributed by atoms with van der Waals surface area (Å²) in [5.74, 6) is 1.37. The summed E-state index contributed by atoms with van der Waals surface area (Å²) in [7, 11) is 0. The average molecular weight is 433 g/mol. The Morgan fingerprint density at radius 1 is 1.06 bits per heavy atom. The Hall–Kier alpha value is -3.45. The molecule has 1 aliphatic heterocycles. The monoisotopic (exact) mass is 432 g/mol. The quantitative estimate of drug-likeness (QED) is 0.636. The van der Waals surface area contributed by atoms with Gasteiger partial charge in [-0.3, -0.25) is 4.79 Å². The van der Waals surface area contributed by atoms with Gasteiger partial charge in [0.15, 0.2) is 12.4 Å². The lowest BCUT2D eigenvalue weighted by Crippen LogP contribution is -2.36. The van der Waals surface area contributed by atoms with E-state index >= 15 is 0 Å². The fourth-order valence-corrected chi connectivity index (χ4v) is 3.69. The Morgan fingerprint density at radius 2 is 1.88 bits per heavy atom. The first kappa shape index (κ1) is 21.8. The number of benzene rings is 2. The largest absolute Gasteiger partial charge is 0.483 e. The SMILES string of the molecule is Cc1cc(C)c(C)c(OCC(=O)Nc2cccc(-c3ccc(N4CCOCC4)nn3)c2)c1. The van der Waals surface area contributed by atoms with E-state index in [1.807, 2.05) is 63.2 Å². The highest BCUT2D eigenvalue weighted by Crippen LogP contribution is 2.24. The van der Waals surface area contributed by atoms with Crippen LogP contribution < -0.4 is 15.0 Å². The van der Waals surface area contributed by atoms with E-state index in [4.69, 9.17) is 9.47 Å². The summed E-state index contributed by atoms with van der Waals surface area (Å²) in [6.45, 7) is 9.05. The molecule has 1 aliphatic rings. The van der Waals surface area contributed by atoms with Crippen molar-refractivity contribution in [2.24, 2.45) is 0 Å². The summed E-state index contributed by atoms with van der Waals surface area (Å²) in [5, 5.41) is 11.6. The molecule has 1 amide bonds. The molecule has 0 radical (unpaired) electrons. The van der Waals surface area contributed by atoms with E-state index in [9.17, 15) is 4.79 Å². The van der Waals surface area contributed by atoms with Gasteiger partial charge in [0.2, 0.25) is 0 Å². The molecule has 7 nitrogen and oxygen atoms in total. The molecule has 2 heterocycles. The lowest BCUT2D eigenvalue weighted by atomic mass is 10.1. The fraction of sp³-hybridized carbons (Fsp3) is 0.320. The van der Waals surface area contributed by atoms with Crippen LogP contribution in [0.15, 0.2) is 48.5 Å². The Balaban J connectivity index is 1.39. The molecule has 1 N–H and O–H groups in total. The van der Waals surface area contributed by atoms with Crippen LogP contribution in [0.4, 0.5) is 11.5 Å². The molecule has 4 rings (SSSR count). The van der Waals surface area contributed by atoms with E-state index in [2.05, 4.69) is 26.5 Å². The van der Waals surface area contributed by atoms with Crippen LogP contribution in [0.25, 0.3) is 11.3 Å². The van der Waals surface area contributed by atoms with Crippen molar-refractivity contribution >= 4 is 17.4 Å². The Morgan fingerprint density at radius 3 is 2.62 bits per heavy atom. The minimum absolute atomic E-state index is 0.0536. The number of hydrogen-bond acceptors (Lipinski definition) is 6. The molecule has 0 bridgehead atoms. The second-order valence-corrected chi connectivity index (χ2v) is 8.00. The third-order valence-corrected chi connectivity index (χ3v) is 5.55. The minimum Gasteiger partial charge on any atom is -0.483 e. The Labute approximate surface area is 188 Å². The highest BCUT2D eigenvalue weighted by molar-refractivity contribution is 5.92. The summed E-state index contributed by atoms with van der Waals surface area (Å²) in [4.78, 5) is 14.6. The molecule has 0 spiro atoms. The number of morpholine rings is 1. The van der Waals surface area contributed by atoms with Crippen molar-refractivity contribution in [2.45, 2.75) is 20.8 Å². The van der Waals surface area contributed by atoms with E-state index in [-0.39, 0.29) is 12.5 Å². The van der Waals surface area contributed by atoms with Crippen molar-refractivity contribution in [2.75, 3.05) is 43.1 Å². The molecule has 0 aliphatic carbocycles. The van der Waals surface area contributed by atoms with Gasteiger partial charge in [-0.25, -0.2) is 0 Å². The van der Waals surface area contributed by atoms with Gasteiger partial charge in [0.1, 0.15) is 5.75 Å². The van der Waals surface area contributed by atoms with Crippen LogP contribution in [0.2, 0.25) is 0 Å². The number of carbonyl (C=O) groups excluding carboxylic acids is 1. The molecule has 1 fully saturated rings. The van der Waals surface area contributed by atoms with Crippen molar-refractivity contribution in [1.29, 1.82) is 0 Å². The summed E-state index contributed by atoms with van der Waals surface area (Å²) in [6, 6.07) is 15.5. The minimum atomic E-state index is -0.213. The van der Waals surface area contributed by atoms with Crippen molar-refractivity contribution in [3.63, 3.8) is 0 Å². The predicted molar refractivity (Wildman–Crippen MR) is 125 cm³/mol. The molecule has 0 saturated carbocycles. The molecule has 1 aromatic heterocycles. The zero-order valence-corrected chi connectivity index (χ0v) is 18.7. The number of aromatic nitrogens is 2. The van der Waals surface area contributed by atoms with E-state index in [0.29, 0.717) is 18.9 Å². The standard InChI is InChI=1S/C25H28N4O3/c1-17-13-18(2)19(3)23(14-17)32-16-25(30)26-21-6-4-5-20(15-21)22-7-8-24(28-27-22)29-9-11-31-12-10-29/h4-8,13-15H,9-12,16H2,1-3H3,(H,26,30). The number of amides is 1. The molecule has 3 aromatic rings. The third-order valence-electron chi connectivity index (χ3n) is 5.55. The van der Waals surface area contributed by atoms with Gasteiger partial charge in [0.05, 0.1) is 18.9 Å². The van der Waals surface area contributed by atoms with E-state index < -0.39 is 0 Å². The van der Waals surface area contributed by atoms with Crippen molar-refractivity contribution in [3.05, 3.63) is 65.2 Å². The second kappa shape index (κ2) is 9.78. The highest BCUT2D eigenvalue weighted by atomic mass is 16.5. The smallest absolute Gasteiger partial charge is 0.262 e. The zero-order valence-electron chi connectivity index (χ0n) is 18.7. The number of nitrogens with zero attached hydrogens (tertiary/aromatic N) is 3. The number of ether oxygens (including phenoxy) is 2. The molecule has 1 saturated heterocycles. The maximum absolute atomic E-state index is 12.5. The van der Waals surface area contributed by atoms with Crippen LogP contribution in [-0.2, 0) is 9.53 Å². The van der Waals surface area contributed by atoms with Crippen molar-refractivity contribution < 1.29 is 14.3 Å². The number of hydrogen-bond donors (Lipinski definition) is 1. The van der Waals surface area contributed by atoms with Crippen LogP contribution >= 0.6 is 0 Å². The van der Waals surface area contributed by atoms with E-state index in [1.54, 1.807) is 0 Å². The second-order valence-electron chi connectivity index (χ2n) is 8.00. The number of carbonyl (C=O) groups is 1. The molecule has 32 heavy (non-hydrogen) atoms. The predicted octanol–water partition coefficient (Wildman–Crippen LogP) is 3.92. The lowest BCUT2D eigenvalue weighted by molar-refractivity contribution is -0.118. The Bertz CT molecular complexity index is 1090. The molecule has 7 heteroatoms. The van der Waals surface area contributed by atoms with Crippen molar-refractivity contribution in [1.82, 2.24) is 10.2 Å². The van der Waals surface area contributed by atoms with Gasteiger partial charge >= 0.3 is 0 Å². The topological polar surface area (TPSA) is 76.6 Å². The molecule has 166 valence electrons. The van der Waals surface area contributed by atoms with Crippen LogP contribution in [0, 0.1) is 20.8 Å². The van der Waals surface area contributed by atoms with Gasteiger partial charge in [-0.1, -0.05) is 18.2 Å². The lowest BCUT2D eigenvalue weighted by Gasteiger charge is -2.27. The first-order valence-electron chi connectivity index (χ1n) is 10.8. The molecule has 0 unspecified atom stereocenters. The molecular formula is C25H28N4O3. The average Bonchev–Trinajstić information content (AvgIpc) is 2.81. The van der Waals surface area contributed by atoms with Gasteiger partial charge in [-0.2, -0.15) is 0 Å². The van der Waals surface area contributed by atoms with Gasteiger partial charge in [0.25, 0.3) is 5.91 Å². The fourth-order valence-electron chi connectivity index (χ4n) is 3.69. The summed E-state index contributed by atoms with van der Waals surface area (Å²) < 4.78 is 11.2.